The third-order valence-corrected chi connectivity index (χ3v) is 3.96. The van der Waals surface area contributed by atoms with Crippen LogP contribution in [0.25, 0.3) is 0 Å². The number of nitrogens with zero attached hydrogens (tertiary/aromatic N) is 2. The Kier molecular flexibility index (Phi) is 4.65. The van der Waals surface area contributed by atoms with Crippen LogP contribution in [0.15, 0.2) is 24.3 Å². The Hall–Kier alpha value is -1.55. The molecule has 2 rings (SSSR count). The molecule has 0 aliphatic carbocycles. The number of nitrogens with two attached hydrogens (primary N) is 1. The SMILES string of the molecule is Cc1cccc(N2CCN(C(=O)[C@@H](N)C(C)C)CC2)c1. The van der Waals surface area contributed by atoms with Crippen LogP contribution in [0, 0.1) is 12.8 Å². The Balaban J connectivity index is 1.94. The Labute approximate surface area is 121 Å². The van der Waals surface area contributed by atoms with Gasteiger partial charge in [0, 0.05) is 31.9 Å². The highest BCUT2D eigenvalue weighted by Crippen LogP contribution is 2.18. The maximum atomic E-state index is 12.2. The minimum atomic E-state index is -0.375. The highest BCUT2D eigenvalue weighted by Gasteiger charge is 2.26. The molecule has 1 aromatic carbocycles. The lowest BCUT2D eigenvalue weighted by molar-refractivity contribution is -0.133. The van der Waals surface area contributed by atoms with Crippen LogP contribution in [0.1, 0.15) is 19.4 Å². The van der Waals surface area contributed by atoms with Crippen LogP contribution >= 0.6 is 0 Å². The van der Waals surface area contributed by atoms with Crippen molar-refractivity contribution in [3.8, 4) is 0 Å². The van der Waals surface area contributed by atoms with Crippen molar-refractivity contribution >= 4 is 11.6 Å². The summed E-state index contributed by atoms with van der Waals surface area (Å²) in [5.74, 6) is 0.279. The molecule has 4 nitrogen and oxygen atoms in total. The smallest absolute Gasteiger partial charge is 0.239 e. The first-order valence-corrected chi connectivity index (χ1v) is 7.35. The van der Waals surface area contributed by atoms with E-state index in [1.54, 1.807) is 0 Å². The van der Waals surface area contributed by atoms with Gasteiger partial charge in [-0.15, -0.1) is 0 Å². The van der Waals surface area contributed by atoms with Crippen molar-refractivity contribution in [2.24, 2.45) is 11.7 Å². The number of benzene rings is 1. The molecular weight excluding hydrogens is 250 g/mol. The topological polar surface area (TPSA) is 49.6 Å². The van der Waals surface area contributed by atoms with E-state index >= 15 is 0 Å². The number of anilines is 1. The van der Waals surface area contributed by atoms with Crippen LogP contribution < -0.4 is 10.6 Å². The first kappa shape index (κ1) is 14.9. The fraction of sp³-hybridized carbons (Fsp3) is 0.562. The Morgan fingerprint density at radius 2 is 1.85 bits per heavy atom. The van der Waals surface area contributed by atoms with Gasteiger partial charge in [-0.05, 0) is 30.5 Å². The summed E-state index contributed by atoms with van der Waals surface area (Å²) in [5, 5.41) is 0. The molecule has 20 heavy (non-hydrogen) atoms. The van der Waals surface area contributed by atoms with Gasteiger partial charge in [-0.25, -0.2) is 0 Å². The molecule has 110 valence electrons. The largest absolute Gasteiger partial charge is 0.368 e. The molecule has 0 saturated carbocycles. The summed E-state index contributed by atoms with van der Waals surface area (Å²) in [6.07, 6.45) is 0. The molecule has 0 aromatic heterocycles. The number of rotatable bonds is 3. The summed E-state index contributed by atoms with van der Waals surface area (Å²) in [6.45, 7) is 9.35. The molecule has 4 heteroatoms. The zero-order chi connectivity index (χ0) is 14.7. The molecule has 1 aliphatic rings. The second kappa shape index (κ2) is 6.27. The first-order chi connectivity index (χ1) is 9.49. The number of carbonyl (C=O) groups is 1. The van der Waals surface area contributed by atoms with Gasteiger partial charge in [-0.1, -0.05) is 26.0 Å². The second-order valence-electron chi connectivity index (χ2n) is 5.92. The molecular formula is C16H25N3O. The Bertz CT molecular complexity index is 465. The van der Waals surface area contributed by atoms with Crippen molar-refractivity contribution < 1.29 is 4.79 Å². The Morgan fingerprint density at radius 1 is 1.20 bits per heavy atom. The van der Waals surface area contributed by atoms with E-state index in [-0.39, 0.29) is 17.9 Å². The van der Waals surface area contributed by atoms with Crippen molar-refractivity contribution in [2.75, 3.05) is 31.1 Å². The Morgan fingerprint density at radius 3 is 2.40 bits per heavy atom. The standard InChI is InChI=1S/C16H25N3O/c1-12(2)15(17)16(20)19-9-7-18(8-10-19)14-6-4-5-13(3)11-14/h4-6,11-12,15H,7-10,17H2,1-3H3/t15-/m0/s1. The summed E-state index contributed by atoms with van der Waals surface area (Å²) in [6, 6.07) is 8.13. The van der Waals surface area contributed by atoms with Crippen LogP contribution in [0.5, 0.6) is 0 Å². The first-order valence-electron chi connectivity index (χ1n) is 7.35. The van der Waals surface area contributed by atoms with Crippen molar-refractivity contribution in [1.82, 2.24) is 4.90 Å². The molecule has 1 saturated heterocycles. The van der Waals surface area contributed by atoms with Gasteiger partial charge >= 0.3 is 0 Å². The number of aryl methyl sites for hydroxylation is 1. The maximum absolute atomic E-state index is 12.2. The van der Waals surface area contributed by atoms with E-state index in [9.17, 15) is 4.79 Å². The van der Waals surface area contributed by atoms with Gasteiger partial charge in [0.25, 0.3) is 0 Å². The van der Waals surface area contributed by atoms with E-state index in [0.717, 1.165) is 26.2 Å². The molecule has 1 atom stereocenters. The number of carbonyl (C=O) groups excluding carboxylic acids is 1. The third kappa shape index (κ3) is 3.31. The number of hydrogen-bond donors (Lipinski definition) is 1. The lowest BCUT2D eigenvalue weighted by Crippen LogP contribution is -2.54. The zero-order valence-electron chi connectivity index (χ0n) is 12.7. The summed E-state index contributed by atoms with van der Waals surface area (Å²) in [5.41, 5.74) is 8.46. The third-order valence-electron chi connectivity index (χ3n) is 3.96. The van der Waals surface area contributed by atoms with Crippen molar-refractivity contribution in [1.29, 1.82) is 0 Å². The van der Waals surface area contributed by atoms with Crippen LogP contribution in [-0.4, -0.2) is 43.0 Å². The van der Waals surface area contributed by atoms with E-state index < -0.39 is 0 Å². The minimum absolute atomic E-state index is 0.0869. The minimum Gasteiger partial charge on any atom is -0.368 e. The van der Waals surface area contributed by atoms with Gasteiger partial charge in [0.2, 0.25) is 5.91 Å². The van der Waals surface area contributed by atoms with Gasteiger partial charge in [0.15, 0.2) is 0 Å². The fourth-order valence-electron chi connectivity index (χ4n) is 2.51. The summed E-state index contributed by atoms with van der Waals surface area (Å²) < 4.78 is 0. The highest BCUT2D eigenvalue weighted by molar-refractivity contribution is 5.82. The van der Waals surface area contributed by atoms with E-state index in [1.807, 2.05) is 18.7 Å². The van der Waals surface area contributed by atoms with Gasteiger partial charge in [0.05, 0.1) is 6.04 Å². The monoisotopic (exact) mass is 275 g/mol. The number of piperazine rings is 1. The molecule has 1 heterocycles. The second-order valence-corrected chi connectivity index (χ2v) is 5.92. The van der Waals surface area contributed by atoms with Gasteiger partial charge in [-0.3, -0.25) is 4.79 Å². The van der Waals surface area contributed by atoms with E-state index in [2.05, 4.69) is 36.1 Å². The summed E-state index contributed by atoms with van der Waals surface area (Å²) in [7, 11) is 0. The van der Waals surface area contributed by atoms with Gasteiger partial charge < -0.3 is 15.5 Å². The average Bonchev–Trinajstić information content (AvgIpc) is 2.46. The quantitative estimate of drug-likeness (QED) is 0.912. The highest BCUT2D eigenvalue weighted by atomic mass is 16.2. The number of amides is 1. The molecule has 0 bridgehead atoms. The lowest BCUT2D eigenvalue weighted by atomic mass is 10.0. The van der Waals surface area contributed by atoms with Crippen LogP contribution in [0.2, 0.25) is 0 Å². The normalized spacial score (nSPS) is 17.4. The van der Waals surface area contributed by atoms with Crippen LogP contribution in [0.4, 0.5) is 5.69 Å². The predicted octanol–water partition coefficient (Wildman–Crippen LogP) is 1.63. The van der Waals surface area contributed by atoms with Gasteiger partial charge in [0.1, 0.15) is 0 Å². The molecule has 1 amide bonds. The maximum Gasteiger partial charge on any atom is 0.239 e. The van der Waals surface area contributed by atoms with E-state index in [1.165, 1.54) is 11.3 Å². The zero-order valence-corrected chi connectivity index (χ0v) is 12.7. The molecule has 1 fully saturated rings. The van der Waals surface area contributed by atoms with Crippen LogP contribution in [0.3, 0.4) is 0 Å². The molecule has 0 spiro atoms. The van der Waals surface area contributed by atoms with E-state index in [0.29, 0.717) is 0 Å². The lowest BCUT2D eigenvalue weighted by Gasteiger charge is -2.37. The van der Waals surface area contributed by atoms with Crippen molar-refractivity contribution in [3.63, 3.8) is 0 Å². The fourth-order valence-corrected chi connectivity index (χ4v) is 2.51. The average molecular weight is 275 g/mol. The van der Waals surface area contributed by atoms with Crippen LogP contribution in [-0.2, 0) is 4.79 Å². The summed E-state index contributed by atoms with van der Waals surface area (Å²) >= 11 is 0. The van der Waals surface area contributed by atoms with Crippen molar-refractivity contribution in [2.45, 2.75) is 26.8 Å². The molecule has 1 aliphatic heterocycles. The summed E-state index contributed by atoms with van der Waals surface area (Å²) in [4.78, 5) is 16.5. The van der Waals surface area contributed by atoms with Gasteiger partial charge in [-0.2, -0.15) is 0 Å². The molecule has 0 radical (unpaired) electrons. The van der Waals surface area contributed by atoms with E-state index in [4.69, 9.17) is 5.73 Å². The van der Waals surface area contributed by atoms with Crippen molar-refractivity contribution in [3.05, 3.63) is 29.8 Å². The molecule has 0 unspecified atom stereocenters. The molecule has 1 aromatic rings. The predicted molar refractivity (Wildman–Crippen MR) is 82.8 cm³/mol. The molecule has 2 N–H and O–H groups in total. The number of hydrogen-bond acceptors (Lipinski definition) is 3.